The molecule has 1 aromatic carbocycles. The number of carbonyl (C=O) groups excluding carboxylic acids is 1. The number of aliphatic hydroxyl groups excluding tert-OH is 1. The third-order valence-corrected chi connectivity index (χ3v) is 2.97. The molecular weight excluding hydrogens is 242 g/mol. The van der Waals surface area contributed by atoms with Gasteiger partial charge in [0.25, 0.3) is 5.91 Å². The number of hydrogen-bond donors (Lipinski definition) is 2. The van der Waals surface area contributed by atoms with Crippen LogP contribution in [-0.2, 0) is 4.74 Å². The average molecular weight is 259 g/mol. The van der Waals surface area contributed by atoms with Crippen molar-refractivity contribution in [3.63, 3.8) is 0 Å². The second kappa shape index (κ2) is 6.93. The second-order valence-corrected chi connectivity index (χ2v) is 4.39. The zero-order valence-electron chi connectivity index (χ0n) is 10.7. The first kappa shape index (κ1) is 13.6. The molecule has 0 spiro atoms. The lowest BCUT2D eigenvalue weighted by Crippen LogP contribution is -2.40. The molecule has 1 atom stereocenters. The van der Waals surface area contributed by atoms with Crippen molar-refractivity contribution in [2.45, 2.75) is 18.9 Å². The zero-order chi connectivity index (χ0) is 13.5. The molecule has 1 fully saturated rings. The number of amides is 1. The van der Waals surface area contributed by atoms with Gasteiger partial charge in [0.1, 0.15) is 6.61 Å². The number of nitrogens with one attached hydrogen (secondary N) is 1. The Labute approximate surface area is 112 Å². The highest BCUT2D eigenvalue weighted by atomic mass is 16.5. The van der Waals surface area contributed by atoms with Crippen molar-refractivity contribution in [3.8, 4) is 11.8 Å². The fraction of sp³-hybridized carbons (Fsp3) is 0.400. The molecule has 0 radical (unpaired) electrons. The predicted molar refractivity (Wildman–Crippen MR) is 71.7 cm³/mol. The van der Waals surface area contributed by atoms with Crippen molar-refractivity contribution in [1.29, 1.82) is 0 Å². The Balaban J connectivity index is 2.09. The molecule has 19 heavy (non-hydrogen) atoms. The second-order valence-electron chi connectivity index (χ2n) is 4.39. The van der Waals surface area contributed by atoms with E-state index in [2.05, 4.69) is 17.2 Å². The fourth-order valence-electron chi connectivity index (χ4n) is 2.04. The molecule has 4 nitrogen and oxygen atoms in total. The standard InChI is InChI=1S/C15H17NO3/c17-9-3-6-12-5-1-2-8-14(12)15(18)16-13-7-4-10-19-11-13/h1-2,5,8,13,17H,4,7,9-11H2,(H,16,18). The van der Waals surface area contributed by atoms with Gasteiger partial charge in [0.15, 0.2) is 0 Å². The van der Waals surface area contributed by atoms with E-state index < -0.39 is 0 Å². The molecule has 1 unspecified atom stereocenters. The van der Waals surface area contributed by atoms with Crippen LogP contribution >= 0.6 is 0 Å². The Morgan fingerprint density at radius 2 is 2.32 bits per heavy atom. The van der Waals surface area contributed by atoms with E-state index in [9.17, 15) is 4.79 Å². The van der Waals surface area contributed by atoms with E-state index in [0.29, 0.717) is 17.7 Å². The van der Waals surface area contributed by atoms with E-state index in [4.69, 9.17) is 9.84 Å². The number of benzene rings is 1. The molecule has 2 rings (SSSR count). The Morgan fingerprint density at radius 3 is 3.05 bits per heavy atom. The first-order valence-corrected chi connectivity index (χ1v) is 6.38. The van der Waals surface area contributed by atoms with Gasteiger partial charge in [0.2, 0.25) is 0 Å². The molecular formula is C15H17NO3. The SMILES string of the molecule is O=C(NC1CCCOC1)c1ccccc1C#CCO. The van der Waals surface area contributed by atoms with E-state index in [-0.39, 0.29) is 18.6 Å². The predicted octanol–water partition coefficient (Wildman–Crippen LogP) is 0.939. The van der Waals surface area contributed by atoms with Crippen LogP contribution in [0, 0.1) is 11.8 Å². The van der Waals surface area contributed by atoms with Crippen molar-refractivity contribution in [3.05, 3.63) is 35.4 Å². The summed E-state index contributed by atoms with van der Waals surface area (Å²) in [6, 6.07) is 7.20. The van der Waals surface area contributed by atoms with Gasteiger partial charge in [-0.25, -0.2) is 0 Å². The van der Waals surface area contributed by atoms with Crippen molar-refractivity contribution in [2.24, 2.45) is 0 Å². The van der Waals surface area contributed by atoms with Gasteiger partial charge >= 0.3 is 0 Å². The van der Waals surface area contributed by atoms with Crippen molar-refractivity contribution < 1.29 is 14.6 Å². The number of carbonyl (C=O) groups is 1. The number of ether oxygens (including phenoxy) is 1. The fourth-order valence-corrected chi connectivity index (χ4v) is 2.04. The van der Waals surface area contributed by atoms with Gasteiger partial charge in [-0.1, -0.05) is 24.0 Å². The molecule has 1 saturated heterocycles. The molecule has 1 aromatic rings. The van der Waals surface area contributed by atoms with Gasteiger partial charge in [-0.05, 0) is 25.0 Å². The molecule has 2 N–H and O–H groups in total. The van der Waals surface area contributed by atoms with E-state index in [1.807, 2.05) is 6.07 Å². The van der Waals surface area contributed by atoms with Crippen LogP contribution in [0.3, 0.4) is 0 Å². The van der Waals surface area contributed by atoms with Gasteiger partial charge in [-0.15, -0.1) is 0 Å². The smallest absolute Gasteiger partial charge is 0.252 e. The Hall–Kier alpha value is -1.83. The van der Waals surface area contributed by atoms with Gasteiger partial charge in [-0.2, -0.15) is 0 Å². The summed E-state index contributed by atoms with van der Waals surface area (Å²) in [5, 5.41) is 11.7. The molecule has 0 aliphatic carbocycles. The minimum Gasteiger partial charge on any atom is -0.384 e. The molecule has 0 saturated carbocycles. The summed E-state index contributed by atoms with van der Waals surface area (Å²) in [5.74, 6) is 5.21. The molecule has 1 heterocycles. The van der Waals surface area contributed by atoms with Gasteiger partial charge in [0, 0.05) is 12.2 Å². The third-order valence-electron chi connectivity index (χ3n) is 2.97. The van der Waals surface area contributed by atoms with E-state index in [0.717, 1.165) is 19.4 Å². The zero-order valence-corrected chi connectivity index (χ0v) is 10.7. The minimum absolute atomic E-state index is 0.0695. The van der Waals surface area contributed by atoms with Crippen LogP contribution in [0.2, 0.25) is 0 Å². The van der Waals surface area contributed by atoms with Crippen LogP contribution in [0.4, 0.5) is 0 Å². The van der Waals surface area contributed by atoms with Gasteiger partial charge < -0.3 is 15.2 Å². The quantitative estimate of drug-likeness (QED) is 0.777. The minimum atomic E-state index is -0.216. The number of rotatable bonds is 2. The van der Waals surface area contributed by atoms with Crippen molar-refractivity contribution in [2.75, 3.05) is 19.8 Å². The van der Waals surface area contributed by atoms with Crippen LogP contribution in [-0.4, -0.2) is 36.9 Å². The summed E-state index contributed by atoms with van der Waals surface area (Å²) in [5.41, 5.74) is 1.17. The maximum atomic E-state index is 12.2. The van der Waals surface area contributed by atoms with E-state index in [1.54, 1.807) is 18.2 Å². The molecule has 100 valence electrons. The Bertz CT molecular complexity index is 496. The summed E-state index contributed by atoms with van der Waals surface area (Å²) in [6.45, 7) is 1.12. The highest BCUT2D eigenvalue weighted by molar-refractivity contribution is 5.96. The maximum absolute atomic E-state index is 12.2. The van der Waals surface area contributed by atoms with Crippen molar-refractivity contribution in [1.82, 2.24) is 5.32 Å². The summed E-state index contributed by atoms with van der Waals surface area (Å²) in [7, 11) is 0. The number of aliphatic hydroxyl groups is 1. The number of hydrogen-bond acceptors (Lipinski definition) is 3. The average Bonchev–Trinajstić information content (AvgIpc) is 2.46. The lowest BCUT2D eigenvalue weighted by Gasteiger charge is -2.23. The van der Waals surface area contributed by atoms with E-state index in [1.165, 1.54) is 0 Å². The largest absolute Gasteiger partial charge is 0.384 e. The van der Waals surface area contributed by atoms with Crippen LogP contribution in [0.25, 0.3) is 0 Å². The Morgan fingerprint density at radius 1 is 1.47 bits per heavy atom. The topological polar surface area (TPSA) is 58.6 Å². The highest BCUT2D eigenvalue weighted by Gasteiger charge is 2.18. The maximum Gasteiger partial charge on any atom is 0.252 e. The lowest BCUT2D eigenvalue weighted by atomic mass is 10.1. The normalized spacial score (nSPS) is 18.3. The summed E-state index contributed by atoms with van der Waals surface area (Å²) < 4.78 is 5.34. The molecule has 1 aliphatic heterocycles. The van der Waals surface area contributed by atoms with Crippen LogP contribution in [0.5, 0.6) is 0 Å². The van der Waals surface area contributed by atoms with Crippen molar-refractivity contribution >= 4 is 5.91 Å². The highest BCUT2D eigenvalue weighted by Crippen LogP contribution is 2.10. The first-order chi connectivity index (χ1) is 9.31. The van der Waals surface area contributed by atoms with Crippen LogP contribution in [0.1, 0.15) is 28.8 Å². The molecule has 4 heteroatoms. The Kier molecular flexibility index (Phi) is 4.96. The third kappa shape index (κ3) is 3.82. The first-order valence-electron chi connectivity index (χ1n) is 6.38. The molecule has 0 bridgehead atoms. The van der Waals surface area contributed by atoms with Gasteiger partial charge in [0.05, 0.1) is 18.2 Å². The van der Waals surface area contributed by atoms with Crippen LogP contribution in [0.15, 0.2) is 24.3 Å². The lowest BCUT2D eigenvalue weighted by molar-refractivity contribution is 0.0624. The van der Waals surface area contributed by atoms with Crippen LogP contribution < -0.4 is 5.32 Å². The van der Waals surface area contributed by atoms with Gasteiger partial charge in [-0.3, -0.25) is 4.79 Å². The monoisotopic (exact) mass is 259 g/mol. The summed E-state index contributed by atoms with van der Waals surface area (Å²) in [4.78, 5) is 12.2. The molecule has 1 aliphatic rings. The molecule has 1 amide bonds. The molecule has 0 aromatic heterocycles. The summed E-state index contributed by atoms with van der Waals surface area (Å²) in [6.07, 6.45) is 1.91. The summed E-state index contributed by atoms with van der Waals surface area (Å²) >= 11 is 0. The van der Waals surface area contributed by atoms with E-state index >= 15 is 0 Å².